The fourth-order valence-electron chi connectivity index (χ4n) is 3.09. The van der Waals surface area contributed by atoms with Gasteiger partial charge in [-0.05, 0) is 48.5 Å². The van der Waals surface area contributed by atoms with Crippen LogP contribution in [0.1, 0.15) is 38.2 Å². The summed E-state index contributed by atoms with van der Waals surface area (Å²) in [5.41, 5.74) is 3.52. The van der Waals surface area contributed by atoms with E-state index in [1.807, 2.05) is 0 Å². The van der Waals surface area contributed by atoms with Gasteiger partial charge in [-0.1, -0.05) is 62.6 Å². The molecule has 158 valence electrons. The van der Waals surface area contributed by atoms with Crippen molar-refractivity contribution < 1.29 is 16.0 Å². The summed E-state index contributed by atoms with van der Waals surface area (Å²) in [6.07, 6.45) is 7.44. The number of methoxy groups -OCH3 is 1. The zero-order valence-electron chi connectivity index (χ0n) is 17.5. The zero-order valence-corrected chi connectivity index (χ0v) is 17.5. The monoisotopic (exact) mass is 389 g/mol. The van der Waals surface area contributed by atoms with Crippen LogP contribution in [0.15, 0.2) is 61.2 Å². The van der Waals surface area contributed by atoms with Crippen LogP contribution in [0.4, 0.5) is 0 Å². The first-order valence-electron chi connectivity index (χ1n) is 10.1. The summed E-state index contributed by atoms with van der Waals surface area (Å²) in [5.74, 6) is 1.18. The highest BCUT2D eigenvalue weighted by molar-refractivity contribution is 5.25. The van der Waals surface area contributed by atoms with Crippen molar-refractivity contribution in [3.63, 3.8) is 0 Å². The number of allylic oxidation sites excluding steroid dienone is 2. The zero-order chi connectivity index (χ0) is 20.6. The van der Waals surface area contributed by atoms with Crippen LogP contribution < -0.4 is 5.32 Å². The second-order valence-corrected chi connectivity index (χ2v) is 7.18. The van der Waals surface area contributed by atoms with E-state index < -0.39 is 0 Å². The second kappa shape index (κ2) is 15.2. The third-order valence-electron chi connectivity index (χ3n) is 4.69. The lowest BCUT2D eigenvalue weighted by atomic mass is 9.90. The Morgan fingerprint density at radius 2 is 1.93 bits per heavy atom. The van der Waals surface area contributed by atoms with Gasteiger partial charge in [-0.3, -0.25) is 0 Å². The van der Waals surface area contributed by atoms with Crippen LogP contribution in [-0.4, -0.2) is 45.1 Å². The molecule has 4 nitrogen and oxygen atoms in total. The summed E-state index contributed by atoms with van der Waals surface area (Å²) in [7, 11) is 1.73. The predicted octanol–water partition coefficient (Wildman–Crippen LogP) is 4.48. The van der Waals surface area contributed by atoms with E-state index in [0.717, 1.165) is 37.8 Å². The smallest absolute Gasteiger partial charge is 0.0717 e. The van der Waals surface area contributed by atoms with E-state index in [0.29, 0.717) is 12.5 Å². The molecule has 4 heteroatoms. The number of rotatable bonds is 10. The molecule has 0 spiro atoms. The van der Waals surface area contributed by atoms with Crippen molar-refractivity contribution in [2.24, 2.45) is 5.92 Å². The van der Waals surface area contributed by atoms with Gasteiger partial charge in [-0.15, -0.1) is 0 Å². The molecule has 28 heavy (non-hydrogen) atoms. The Morgan fingerprint density at radius 1 is 1.25 bits per heavy atom. The molecular formula is C24H39NO3. The molecule has 0 unspecified atom stereocenters. The molecule has 1 saturated heterocycles. The van der Waals surface area contributed by atoms with Crippen LogP contribution in [0.2, 0.25) is 0 Å². The topological polar surface area (TPSA) is 50.7 Å². The maximum atomic E-state index is 8.47. The average Bonchev–Trinajstić information content (AvgIpc) is 2.74. The maximum absolute atomic E-state index is 8.47. The molecule has 0 amide bonds. The van der Waals surface area contributed by atoms with Gasteiger partial charge < -0.3 is 19.9 Å². The molecule has 1 heterocycles. The number of aliphatic hydroxyl groups is 1. The van der Waals surface area contributed by atoms with Crippen molar-refractivity contribution in [1.29, 1.82) is 0 Å². The summed E-state index contributed by atoms with van der Waals surface area (Å²) in [5, 5.41) is 11.9. The maximum Gasteiger partial charge on any atom is 0.0717 e. The molecule has 0 radical (unpaired) electrons. The Balaban J connectivity index is 0.000000747. The SMILES string of the molecule is C=C/C=C(\C=C)CO.COC[C@H](C)COCc1ccc(C2CCNCC2)cc1.[HH]. The Morgan fingerprint density at radius 3 is 2.43 bits per heavy atom. The van der Waals surface area contributed by atoms with Gasteiger partial charge in [0.25, 0.3) is 0 Å². The average molecular weight is 390 g/mol. The molecule has 1 aliphatic rings. The first-order chi connectivity index (χ1) is 13.6. The Bertz CT molecular complexity index is 580. The first-order valence-corrected chi connectivity index (χ1v) is 10.1. The van der Waals surface area contributed by atoms with E-state index in [-0.39, 0.29) is 8.03 Å². The molecule has 1 aromatic carbocycles. The number of nitrogens with one attached hydrogen (secondary N) is 1. The quantitative estimate of drug-likeness (QED) is 0.580. The van der Waals surface area contributed by atoms with Gasteiger partial charge in [0.1, 0.15) is 0 Å². The van der Waals surface area contributed by atoms with Gasteiger partial charge >= 0.3 is 0 Å². The van der Waals surface area contributed by atoms with Crippen molar-refractivity contribution >= 4 is 0 Å². The van der Waals surface area contributed by atoms with E-state index in [1.165, 1.54) is 24.0 Å². The normalized spacial score (nSPS) is 16.0. The number of hydrogen-bond acceptors (Lipinski definition) is 4. The van der Waals surface area contributed by atoms with Gasteiger partial charge in [-0.2, -0.15) is 0 Å². The Hall–Kier alpha value is -1.72. The minimum atomic E-state index is 0. The number of benzene rings is 1. The molecule has 1 atom stereocenters. The van der Waals surface area contributed by atoms with Crippen LogP contribution in [0.25, 0.3) is 0 Å². The molecule has 1 aromatic rings. The van der Waals surface area contributed by atoms with Crippen molar-refractivity contribution in [3.05, 3.63) is 72.4 Å². The predicted molar refractivity (Wildman–Crippen MR) is 120 cm³/mol. The van der Waals surface area contributed by atoms with Crippen LogP contribution in [0.3, 0.4) is 0 Å². The molecule has 1 aliphatic heterocycles. The van der Waals surface area contributed by atoms with E-state index >= 15 is 0 Å². The molecule has 0 aromatic heterocycles. The molecule has 0 aliphatic carbocycles. The lowest BCUT2D eigenvalue weighted by molar-refractivity contribution is 0.0561. The van der Waals surface area contributed by atoms with Crippen molar-refractivity contribution in [2.45, 2.75) is 32.3 Å². The van der Waals surface area contributed by atoms with Gasteiger partial charge in [0.05, 0.1) is 26.4 Å². The molecule has 1 fully saturated rings. The summed E-state index contributed by atoms with van der Waals surface area (Å²) in [6, 6.07) is 8.96. The van der Waals surface area contributed by atoms with Gasteiger partial charge in [0.2, 0.25) is 0 Å². The number of ether oxygens (including phenoxy) is 2. The highest BCUT2D eigenvalue weighted by Crippen LogP contribution is 2.25. The van der Waals surface area contributed by atoms with Gasteiger partial charge in [-0.25, -0.2) is 0 Å². The van der Waals surface area contributed by atoms with E-state index in [9.17, 15) is 0 Å². The van der Waals surface area contributed by atoms with Gasteiger partial charge in [0, 0.05) is 14.5 Å². The highest BCUT2D eigenvalue weighted by Gasteiger charge is 2.14. The van der Waals surface area contributed by atoms with E-state index in [4.69, 9.17) is 14.6 Å². The summed E-state index contributed by atoms with van der Waals surface area (Å²) < 4.78 is 10.8. The first kappa shape index (κ1) is 24.3. The fourth-order valence-corrected chi connectivity index (χ4v) is 3.09. The minimum Gasteiger partial charge on any atom is -0.392 e. The molecular weight excluding hydrogens is 350 g/mol. The Labute approximate surface area is 172 Å². The van der Waals surface area contributed by atoms with Gasteiger partial charge in [0.15, 0.2) is 0 Å². The number of piperidine rings is 1. The molecule has 0 bridgehead atoms. The largest absolute Gasteiger partial charge is 0.392 e. The third-order valence-corrected chi connectivity index (χ3v) is 4.69. The number of hydrogen-bond donors (Lipinski definition) is 2. The van der Waals surface area contributed by atoms with E-state index in [2.05, 4.69) is 49.7 Å². The van der Waals surface area contributed by atoms with Crippen LogP contribution in [-0.2, 0) is 16.1 Å². The lowest BCUT2D eigenvalue weighted by Crippen LogP contribution is -2.26. The molecule has 0 saturated carbocycles. The van der Waals surface area contributed by atoms with Crippen molar-refractivity contribution in [3.8, 4) is 0 Å². The minimum absolute atomic E-state index is 0. The number of aliphatic hydroxyl groups excluding tert-OH is 1. The summed E-state index contributed by atoms with van der Waals surface area (Å²) in [6.45, 7) is 13.6. The Kier molecular flexibility index (Phi) is 13.2. The van der Waals surface area contributed by atoms with Crippen molar-refractivity contribution in [2.75, 3.05) is 40.0 Å². The van der Waals surface area contributed by atoms with Crippen molar-refractivity contribution in [1.82, 2.24) is 5.32 Å². The standard InChI is InChI=1S/C17H27NO2.C7H10O.H2/c1-14(11-19-2)12-20-13-15-3-5-16(6-4-15)17-7-9-18-10-8-17;1-3-5-7(4-2)6-8;/h3-6,14,17-18H,7-13H2,1-2H3;3-5,8H,1-2,6H2;1H/b;7-5+;/t14-;;/m0../s1. The lowest BCUT2D eigenvalue weighted by Gasteiger charge is -2.23. The highest BCUT2D eigenvalue weighted by atomic mass is 16.5. The summed E-state index contributed by atoms with van der Waals surface area (Å²) >= 11 is 0. The molecule has 2 N–H and O–H groups in total. The molecule has 2 rings (SSSR count). The fraction of sp³-hybridized carbons (Fsp3) is 0.500. The van der Waals surface area contributed by atoms with Crippen LogP contribution in [0.5, 0.6) is 0 Å². The summed E-state index contributed by atoms with van der Waals surface area (Å²) in [4.78, 5) is 0. The van der Waals surface area contributed by atoms with E-state index in [1.54, 1.807) is 25.3 Å². The third kappa shape index (κ3) is 10.00. The van der Waals surface area contributed by atoms with Crippen LogP contribution in [0, 0.1) is 5.92 Å². The second-order valence-electron chi connectivity index (χ2n) is 7.18. The van der Waals surface area contributed by atoms with Crippen LogP contribution >= 0.6 is 0 Å².